The maximum atomic E-state index is 13.2. The number of rotatable bonds is 3. The summed E-state index contributed by atoms with van der Waals surface area (Å²) < 4.78 is 18.4. The summed E-state index contributed by atoms with van der Waals surface area (Å²) in [5, 5.41) is 3.94. The molecule has 4 heteroatoms. The zero-order chi connectivity index (χ0) is 12.4. The van der Waals surface area contributed by atoms with Gasteiger partial charge in [-0.15, -0.1) is 0 Å². The van der Waals surface area contributed by atoms with Gasteiger partial charge in [0, 0.05) is 11.6 Å². The standard InChI is InChI=1S/C13H15FN2O/c1-3-11(15)13-7-12(16-17-13)10-6-9(14)5-4-8(10)2/h4-7,11H,3,15H2,1-2H3. The Bertz CT molecular complexity index is 522. The second kappa shape index (κ2) is 4.67. The molecule has 1 unspecified atom stereocenters. The van der Waals surface area contributed by atoms with Gasteiger partial charge >= 0.3 is 0 Å². The largest absolute Gasteiger partial charge is 0.359 e. The summed E-state index contributed by atoms with van der Waals surface area (Å²) in [6.07, 6.45) is 0.775. The zero-order valence-corrected chi connectivity index (χ0v) is 9.90. The topological polar surface area (TPSA) is 52.0 Å². The Labute approximate surface area is 99.4 Å². The fourth-order valence-corrected chi connectivity index (χ4v) is 1.66. The molecule has 90 valence electrons. The van der Waals surface area contributed by atoms with Crippen molar-refractivity contribution in [3.05, 3.63) is 41.4 Å². The average molecular weight is 234 g/mol. The van der Waals surface area contributed by atoms with Crippen LogP contribution in [0.1, 0.15) is 30.7 Å². The second-order valence-corrected chi connectivity index (χ2v) is 4.09. The van der Waals surface area contributed by atoms with Crippen LogP contribution in [0.2, 0.25) is 0 Å². The van der Waals surface area contributed by atoms with E-state index in [1.807, 2.05) is 13.8 Å². The van der Waals surface area contributed by atoms with E-state index in [-0.39, 0.29) is 11.9 Å². The highest BCUT2D eigenvalue weighted by molar-refractivity contribution is 5.63. The molecule has 0 radical (unpaired) electrons. The van der Waals surface area contributed by atoms with E-state index in [2.05, 4.69) is 5.16 Å². The lowest BCUT2D eigenvalue weighted by Gasteiger charge is -2.02. The predicted octanol–water partition coefficient (Wildman–Crippen LogP) is 3.20. The first-order chi connectivity index (χ1) is 8.11. The van der Waals surface area contributed by atoms with E-state index in [9.17, 15) is 4.39 Å². The van der Waals surface area contributed by atoms with Gasteiger partial charge in [-0.1, -0.05) is 18.1 Å². The molecule has 0 amide bonds. The van der Waals surface area contributed by atoms with E-state index >= 15 is 0 Å². The minimum absolute atomic E-state index is 0.162. The number of aromatic nitrogens is 1. The van der Waals surface area contributed by atoms with Gasteiger partial charge in [0.05, 0.1) is 6.04 Å². The molecular formula is C13H15FN2O. The summed E-state index contributed by atoms with van der Waals surface area (Å²) >= 11 is 0. The summed E-state index contributed by atoms with van der Waals surface area (Å²) in [5.74, 6) is 0.348. The van der Waals surface area contributed by atoms with Gasteiger partial charge in [0.25, 0.3) is 0 Å². The van der Waals surface area contributed by atoms with Crippen molar-refractivity contribution in [1.82, 2.24) is 5.16 Å². The van der Waals surface area contributed by atoms with Crippen molar-refractivity contribution >= 4 is 0 Å². The molecule has 2 aromatic rings. The summed E-state index contributed by atoms with van der Waals surface area (Å²) in [7, 11) is 0. The smallest absolute Gasteiger partial charge is 0.154 e. The fourth-order valence-electron chi connectivity index (χ4n) is 1.66. The summed E-state index contributed by atoms with van der Waals surface area (Å²) in [4.78, 5) is 0. The number of halogens is 1. The molecule has 0 bridgehead atoms. The van der Waals surface area contributed by atoms with Crippen LogP contribution in [0.5, 0.6) is 0 Å². The third kappa shape index (κ3) is 2.36. The molecule has 0 aliphatic carbocycles. The molecule has 0 aliphatic rings. The number of hydrogen-bond donors (Lipinski definition) is 1. The van der Waals surface area contributed by atoms with Gasteiger partial charge in [0.2, 0.25) is 0 Å². The Kier molecular flexibility index (Phi) is 3.24. The molecule has 3 nitrogen and oxygen atoms in total. The SMILES string of the molecule is CCC(N)c1cc(-c2cc(F)ccc2C)no1. The Morgan fingerprint density at radius 1 is 1.41 bits per heavy atom. The van der Waals surface area contributed by atoms with Crippen LogP contribution in [-0.4, -0.2) is 5.16 Å². The average Bonchev–Trinajstić information content (AvgIpc) is 2.80. The van der Waals surface area contributed by atoms with Gasteiger partial charge in [0.15, 0.2) is 5.76 Å². The predicted molar refractivity (Wildman–Crippen MR) is 63.9 cm³/mol. The van der Waals surface area contributed by atoms with E-state index in [4.69, 9.17) is 10.3 Å². The first-order valence-electron chi connectivity index (χ1n) is 5.60. The number of hydrogen-bond acceptors (Lipinski definition) is 3. The Morgan fingerprint density at radius 2 is 2.18 bits per heavy atom. The summed E-state index contributed by atoms with van der Waals surface area (Å²) in [5.41, 5.74) is 8.17. The van der Waals surface area contributed by atoms with Gasteiger partial charge in [-0.25, -0.2) is 4.39 Å². The van der Waals surface area contributed by atoms with E-state index in [1.165, 1.54) is 12.1 Å². The minimum atomic E-state index is -0.282. The van der Waals surface area contributed by atoms with Crippen molar-refractivity contribution in [2.24, 2.45) is 5.73 Å². The van der Waals surface area contributed by atoms with Crippen LogP contribution in [0.3, 0.4) is 0 Å². The summed E-state index contributed by atoms with van der Waals surface area (Å²) in [6, 6.07) is 6.21. The van der Waals surface area contributed by atoms with E-state index in [0.29, 0.717) is 11.5 Å². The molecule has 2 rings (SSSR count). The van der Waals surface area contributed by atoms with Crippen LogP contribution >= 0.6 is 0 Å². The molecule has 1 aromatic carbocycles. The number of aryl methyl sites for hydroxylation is 1. The van der Waals surface area contributed by atoms with Crippen LogP contribution in [-0.2, 0) is 0 Å². The maximum absolute atomic E-state index is 13.2. The minimum Gasteiger partial charge on any atom is -0.359 e. The highest BCUT2D eigenvalue weighted by atomic mass is 19.1. The van der Waals surface area contributed by atoms with Crippen LogP contribution in [0.4, 0.5) is 4.39 Å². The quantitative estimate of drug-likeness (QED) is 0.887. The normalized spacial score (nSPS) is 12.7. The monoisotopic (exact) mass is 234 g/mol. The lowest BCUT2D eigenvalue weighted by molar-refractivity contribution is 0.360. The Hall–Kier alpha value is -1.68. The van der Waals surface area contributed by atoms with Crippen LogP contribution < -0.4 is 5.73 Å². The molecule has 0 fully saturated rings. The Morgan fingerprint density at radius 3 is 2.88 bits per heavy atom. The van der Waals surface area contributed by atoms with Crippen LogP contribution in [0, 0.1) is 12.7 Å². The Balaban J connectivity index is 2.40. The molecule has 1 atom stereocenters. The van der Waals surface area contributed by atoms with Crippen LogP contribution in [0.15, 0.2) is 28.8 Å². The van der Waals surface area contributed by atoms with Gasteiger partial charge < -0.3 is 10.3 Å². The number of benzene rings is 1. The van der Waals surface area contributed by atoms with E-state index < -0.39 is 0 Å². The molecular weight excluding hydrogens is 219 g/mol. The summed E-state index contributed by atoms with van der Waals surface area (Å²) in [6.45, 7) is 3.88. The first kappa shape index (κ1) is 11.8. The molecule has 1 heterocycles. The van der Waals surface area contributed by atoms with Gasteiger partial charge in [-0.2, -0.15) is 0 Å². The van der Waals surface area contributed by atoms with Gasteiger partial charge in [0.1, 0.15) is 11.5 Å². The highest BCUT2D eigenvalue weighted by Crippen LogP contribution is 2.26. The van der Waals surface area contributed by atoms with Crippen molar-refractivity contribution in [2.45, 2.75) is 26.3 Å². The van der Waals surface area contributed by atoms with Crippen molar-refractivity contribution in [3.63, 3.8) is 0 Å². The lowest BCUT2D eigenvalue weighted by Crippen LogP contribution is -2.06. The highest BCUT2D eigenvalue weighted by Gasteiger charge is 2.13. The van der Waals surface area contributed by atoms with Crippen LogP contribution in [0.25, 0.3) is 11.3 Å². The second-order valence-electron chi connectivity index (χ2n) is 4.09. The maximum Gasteiger partial charge on any atom is 0.154 e. The molecule has 0 saturated heterocycles. The van der Waals surface area contributed by atoms with Crippen molar-refractivity contribution in [1.29, 1.82) is 0 Å². The third-order valence-corrected chi connectivity index (χ3v) is 2.81. The van der Waals surface area contributed by atoms with E-state index in [1.54, 1.807) is 12.1 Å². The van der Waals surface area contributed by atoms with Crippen molar-refractivity contribution in [3.8, 4) is 11.3 Å². The number of nitrogens with zero attached hydrogens (tertiary/aromatic N) is 1. The fraction of sp³-hybridized carbons (Fsp3) is 0.308. The lowest BCUT2D eigenvalue weighted by atomic mass is 10.0. The molecule has 17 heavy (non-hydrogen) atoms. The molecule has 0 aliphatic heterocycles. The molecule has 1 aromatic heterocycles. The number of nitrogens with two attached hydrogens (primary N) is 1. The molecule has 2 N–H and O–H groups in total. The van der Waals surface area contributed by atoms with Crippen molar-refractivity contribution < 1.29 is 8.91 Å². The van der Waals surface area contributed by atoms with Gasteiger partial charge in [-0.05, 0) is 31.0 Å². The first-order valence-corrected chi connectivity index (χ1v) is 5.60. The van der Waals surface area contributed by atoms with Gasteiger partial charge in [-0.3, -0.25) is 0 Å². The van der Waals surface area contributed by atoms with E-state index in [0.717, 1.165) is 17.5 Å². The zero-order valence-electron chi connectivity index (χ0n) is 9.90. The molecule has 0 saturated carbocycles. The molecule has 0 spiro atoms. The third-order valence-electron chi connectivity index (χ3n) is 2.81. The van der Waals surface area contributed by atoms with Crippen molar-refractivity contribution in [2.75, 3.05) is 0 Å².